The first-order valence-corrected chi connectivity index (χ1v) is 8.30. The van der Waals surface area contributed by atoms with Crippen molar-refractivity contribution >= 4 is 5.96 Å². The Morgan fingerprint density at radius 2 is 1.77 bits per heavy atom. The van der Waals surface area contributed by atoms with Gasteiger partial charge in [-0.3, -0.25) is 0 Å². The van der Waals surface area contributed by atoms with Gasteiger partial charge in [0, 0.05) is 13.1 Å². The standard InChI is InChI=1S/C19H22F3N3O/c1-2-23-18(25-12-15-7-3-4-8-16(15)13-26)24-11-14-6-5-9-17(10-14)19(20,21)22/h3-10,26H,2,11-13H2,1H3,(H2,23,24,25). The van der Waals surface area contributed by atoms with Gasteiger partial charge in [-0.1, -0.05) is 36.4 Å². The Hall–Kier alpha value is -2.54. The van der Waals surface area contributed by atoms with Gasteiger partial charge in [-0.15, -0.1) is 0 Å². The van der Waals surface area contributed by atoms with E-state index in [4.69, 9.17) is 0 Å². The number of nitrogens with zero attached hydrogens (tertiary/aromatic N) is 1. The van der Waals surface area contributed by atoms with E-state index in [-0.39, 0.29) is 13.2 Å². The largest absolute Gasteiger partial charge is 0.416 e. The maximum Gasteiger partial charge on any atom is 0.416 e. The number of nitrogens with one attached hydrogen (secondary N) is 2. The van der Waals surface area contributed by atoms with E-state index in [9.17, 15) is 18.3 Å². The molecule has 0 spiro atoms. The molecule has 0 saturated heterocycles. The van der Waals surface area contributed by atoms with Crippen molar-refractivity contribution in [3.05, 3.63) is 70.8 Å². The zero-order chi connectivity index (χ0) is 19.0. The number of aliphatic hydroxyl groups excluding tert-OH is 1. The number of aliphatic imine (C=N–C) groups is 1. The van der Waals surface area contributed by atoms with Crippen LogP contribution in [-0.4, -0.2) is 17.6 Å². The van der Waals surface area contributed by atoms with Crippen molar-refractivity contribution < 1.29 is 18.3 Å². The van der Waals surface area contributed by atoms with E-state index in [1.54, 1.807) is 6.07 Å². The third-order valence-electron chi connectivity index (χ3n) is 3.75. The molecule has 4 nitrogen and oxygen atoms in total. The predicted octanol–water partition coefficient (Wildman–Crippen LogP) is 3.45. The minimum Gasteiger partial charge on any atom is -0.392 e. The molecule has 0 atom stereocenters. The Balaban J connectivity index is 2.07. The molecule has 0 amide bonds. The van der Waals surface area contributed by atoms with Gasteiger partial charge in [0.15, 0.2) is 5.96 Å². The second-order valence-electron chi connectivity index (χ2n) is 5.67. The van der Waals surface area contributed by atoms with E-state index in [0.717, 1.165) is 23.3 Å². The molecular weight excluding hydrogens is 343 g/mol. The number of hydrogen-bond acceptors (Lipinski definition) is 2. The van der Waals surface area contributed by atoms with Crippen molar-refractivity contribution in [3.8, 4) is 0 Å². The zero-order valence-electron chi connectivity index (χ0n) is 14.5. The van der Waals surface area contributed by atoms with Crippen LogP contribution in [0.1, 0.15) is 29.2 Å². The highest BCUT2D eigenvalue weighted by atomic mass is 19.4. The van der Waals surface area contributed by atoms with Gasteiger partial charge in [0.2, 0.25) is 0 Å². The molecule has 0 radical (unpaired) electrons. The van der Waals surface area contributed by atoms with Gasteiger partial charge in [-0.05, 0) is 35.7 Å². The predicted molar refractivity (Wildman–Crippen MR) is 95.5 cm³/mol. The molecule has 2 aromatic carbocycles. The second kappa shape index (κ2) is 9.24. The van der Waals surface area contributed by atoms with Gasteiger partial charge in [0.05, 0.1) is 18.7 Å². The Labute approximate surface area is 150 Å². The third kappa shape index (κ3) is 5.77. The van der Waals surface area contributed by atoms with E-state index < -0.39 is 11.7 Å². The molecule has 0 heterocycles. The molecule has 7 heteroatoms. The van der Waals surface area contributed by atoms with Crippen LogP contribution in [0.15, 0.2) is 53.5 Å². The first-order chi connectivity index (χ1) is 12.4. The molecule has 0 unspecified atom stereocenters. The highest BCUT2D eigenvalue weighted by molar-refractivity contribution is 5.79. The average Bonchev–Trinajstić information content (AvgIpc) is 2.63. The quantitative estimate of drug-likeness (QED) is 0.543. The van der Waals surface area contributed by atoms with E-state index >= 15 is 0 Å². The van der Waals surface area contributed by atoms with Crippen molar-refractivity contribution in [1.29, 1.82) is 0 Å². The van der Waals surface area contributed by atoms with E-state index in [2.05, 4.69) is 15.6 Å². The fraction of sp³-hybridized carbons (Fsp3) is 0.316. The molecule has 0 aliphatic rings. The Morgan fingerprint density at radius 1 is 1.04 bits per heavy atom. The number of halogens is 3. The van der Waals surface area contributed by atoms with Crippen LogP contribution in [0.3, 0.4) is 0 Å². The summed E-state index contributed by atoms with van der Waals surface area (Å²) >= 11 is 0. The van der Waals surface area contributed by atoms with Crippen LogP contribution in [0.4, 0.5) is 13.2 Å². The van der Waals surface area contributed by atoms with Crippen molar-refractivity contribution in [1.82, 2.24) is 10.6 Å². The summed E-state index contributed by atoms with van der Waals surface area (Å²) < 4.78 is 38.4. The van der Waals surface area contributed by atoms with Crippen LogP contribution < -0.4 is 10.6 Å². The summed E-state index contributed by atoms with van der Waals surface area (Å²) in [5.41, 5.74) is 1.54. The van der Waals surface area contributed by atoms with Gasteiger partial charge in [0.25, 0.3) is 0 Å². The van der Waals surface area contributed by atoms with Crippen molar-refractivity contribution in [3.63, 3.8) is 0 Å². The summed E-state index contributed by atoms with van der Waals surface area (Å²) in [5.74, 6) is 0.498. The van der Waals surface area contributed by atoms with Gasteiger partial charge >= 0.3 is 6.18 Å². The van der Waals surface area contributed by atoms with Crippen molar-refractivity contribution in [2.45, 2.75) is 32.8 Å². The zero-order valence-corrected chi connectivity index (χ0v) is 14.5. The number of hydrogen-bond donors (Lipinski definition) is 3. The van der Waals surface area contributed by atoms with Gasteiger partial charge in [-0.25, -0.2) is 4.99 Å². The summed E-state index contributed by atoms with van der Waals surface area (Å²) in [7, 11) is 0. The average molecular weight is 365 g/mol. The highest BCUT2D eigenvalue weighted by Crippen LogP contribution is 2.29. The number of rotatable bonds is 6. The normalized spacial score (nSPS) is 12.1. The van der Waals surface area contributed by atoms with Gasteiger partial charge < -0.3 is 15.7 Å². The van der Waals surface area contributed by atoms with E-state index in [1.807, 2.05) is 31.2 Å². The van der Waals surface area contributed by atoms with Crippen LogP contribution in [0, 0.1) is 0 Å². The van der Waals surface area contributed by atoms with Crippen molar-refractivity contribution in [2.24, 2.45) is 4.99 Å². The fourth-order valence-corrected chi connectivity index (χ4v) is 2.42. The van der Waals surface area contributed by atoms with Gasteiger partial charge in [-0.2, -0.15) is 13.2 Å². The smallest absolute Gasteiger partial charge is 0.392 e. The summed E-state index contributed by atoms with van der Waals surface area (Å²) in [5, 5.41) is 15.6. The van der Waals surface area contributed by atoms with E-state index in [0.29, 0.717) is 24.6 Å². The maximum absolute atomic E-state index is 12.8. The molecule has 0 saturated carbocycles. The summed E-state index contributed by atoms with van der Waals surface area (Å²) in [4.78, 5) is 4.34. The monoisotopic (exact) mass is 365 g/mol. The lowest BCUT2D eigenvalue weighted by molar-refractivity contribution is -0.137. The van der Waals surface area contributed by atoms with Crippen LogP contribution in [0.25, 0.3) is 0 Å². The maximum atomic E-state index is 12.8. The molecule has 0 bridgehead atoms. The van der Waals surface area contributed by atoms with Crippen LogP contribution in [-0.2, 0) is 25.9 Å². The summed E-state index contributed by atoms with van der Waals surface area (Å²) in [6.45, 7) is 3.04. The summed E-state index contributed by atoms with van der Waals surface area (Å²) in [6.07, 6.45) is -4.36. The molecular formula is C19H22F3N3O. The van der Waals surface area contributed by atoms with Crippen LogP contribution in [0.5, 0.6) is 0 Å². The Kier molecular flexibility index (Phi) is 7.03. The molecule has 3 N–H and O–H groups in total. The molecule has 2 rings (SSSR count). The van der Waals surface area contributed by atoms with Crippen molar-refractivity contribution in [2.75, 3.05) is 6.54 Å². The second-order valence-corrected chi connectivity index (χ2v) is 5.67. The number of alkyl halides is 3. The molecule has 0 aliphatic heterocycles. The van der Waals surface area contributed by atoms with Crippen LogP contribution in [0.2, 0.25) is 0 Å². The van der Waals surface area contributed by atoms with Gasteiger partial charge in [0.1, 0.15) is 0 Å². The number of benzene rings is 2. The minimum atomic E-state index is -4.36. The Bertz CT molecular complexity index is 745. The molecule has 140 valence electrons. The lowest BCUT2D eigenvalue weighted by Crippen LogP contribution is -2.37. The molecule has 0 aliphatic carbocycles. The molecule has 2 aromatic rings. The lowest BCUT2D eigenvalue weighted by Gasteiger charge is -2.13. The number of aliphatic hydroxyl groups is 1. The highest BCUT2D eigenvalue weighted by Gasteiger charge is 2.30. The Morgan fingerprint density at radius 3 is 2.42 bits per heavy atom. The lowest BCUT2D eigenvalue weighted by atomic mass is 10.1. The van der Waals surface area contributed by atoms with E-state index in [1.165, 1.54) is 6.07 Å². The summed E-state index contributed by atoms with van der Waals surface area (Å²) in [6, 6.07) is 12.6. The van der Waals surface area contributed by atoms with Crippen LogP contribution >= 0.6 is 0 Å². The third-order valence-corrected chi connectivity index (χ3v) is 3.75. The first-order valence-electron chi connectivity index (χ1n) is 8.30. The molecule has 0 fully saturated rings. The topological polar surface area (TPSA) is 56.7 Å². The first kappa shape index (κ1) is 19.8. The number of guanidine groups is 1. The SMILES string of the molecule is CCNC(=NCc1cccc(C(F)(F)F)c1)NCc1ccccc1CO. The fourth-order valence-electron chi connectivity index (χ4n) is 2.42. The molecule has 26 heavy (non-hydrogen) atoms. The molecule has 0 aromatic heterocycles. The minimum absolute atomic E-state index is 0.0598.